The fourth-order valence-corrected chi connectivity index (χ4v) is 3.24. The van der Waals surface area contributed by atoms with Crippen molar-refractivity contribution in [2.24, 2.45) is 0 Å². The van der Waals surface area contributed by atoms with Gasteiger partial charge >= 0.3 is 0 Å². The van der Waals surface area contributed by atoms with Gasteiger partial charge in [0.1, 0.15) is 5.75 Å². The predicted molar refractivity (Wildman–Crippen MR) is 102 cm³/mol. The number of hydrogen-bond donors (Lipinski definition) is 0. The maximum Gasteiger partial charge on any atom is 0.208 e. The number of benzene rings is 1. The van der Waals surface area contributed by atoms with Gasteiger partial charge in [-0.1, -0.05) is 26.8 Å². The van der Waals surface area contributed by atoms with Crippen LogP contribution in [-0.2, 0) is 16.5 Å². The van der Waals surface area contributed by atoms with Crippen molar-refractivity contribution < 1.29 is 9.26 Å². The molecule has 24 heavy (non-hydrogen) atoms. The Morgan fingerprint density at radius 2 is 1.92 bits per heavy atom. The highest BCUT2D eigenvalue weighted by molar-refractivity contribution is 6.48. The highest BCUT2D eigenvalue weighted by Crippen LogP contribution is 2.35. The number of hydrogen-bond acceptors (Lipinski definition) is 4. The maximum absolute atomic E-state index is 6.19. The number of methoxy groups -OCH3 is 1. The van der Waals surface area contributed by atoms with E-state index in [1.165, 1.54) is 5.56 Å². The third-order valence-corrected chi connectivity index (χ3v) is 4.34. The van der Waals surface area contributed by atoms with Gasteiger partial charge in [0.2, 0.25) is 9.04 Å². The summed E-state index contributed by atoms with van der Waals surface area (Å²) in [5, 5.41) is 1.99. The summed E-state index contributed by atoms with van der Waals surface area (Å²) in [4.78, 5) is 4.20. The van der Waals surface area contributed by atoms with Crippen molar-refractivity contribution >= 4 is 14.7 Å². The van der Waals surface area contributed by atoms with E-state index in [1.807, 2.05) is 23.4 Å². The van der Waals surface area contributed by atoms with E-state index in [0.717, 1.165) is 17.0 Å². The molecule has 0 radical (unpaired) electrons. The number of pyridine rings is 1. The molecule has 2 aromatic rings. The van der Waals surface area contributed by atoms with Crippen LogP contribution in [0.15, 0.2) is 42.7 Å². The molecular weight excluding hydrogens is 316 g/mol. The lowest BCUT2D eigenvalue weighted by Crippen LogP contribution is -2.29. The zero-order valence-electron chi connectivity index (χ0n) is 15.5. The van der Waals surface area contributed by atoms with Crippen molar-refractivity contribution in [3.63, 3.8) is 0 Å². The lowest BCUT2D eigenvalue weighted by Gasteiger charge is -2.29. The van der Waals surface area contributed by atoms with E-state index < -0.39 is 9.04 Å². The number of hydroxylamine groups is 1. The first-order valence-corrected chi connectivity index (χ1v) is 11.1. The quantitative estimate of drug-likeness (QED) is 0.578. The zero-order chi connectivity index (χ0) is 17.7. The third-order valence-electron chi connectivity index (χ3n) is 3.67. The lowest BCUT2D eigenvalue weighted by atomic mass is 9.86. The number of rotatable bonds is 6. The van der Waals surface area contributed by atoms with E-state index in [1.54, 1.807) is 13.3 Å². The fourth-order valence-electron chi connectivity index (χ4n) is 2.54. The highest BCUT2D eigenvalue weighted by atomic mass is 28.3. The van der Waals surface area contributed by atoms with Crippen LogP contribution < -0.4 is 9.80 Å². The van der Waals surface area contributed by atoms with E-state index in [9.17, 15) is 0 Å². The summed E-state index contributed by atoms with van der Waals surface area (Å²) in [6.45, 7) is 11.6. The third kappa shape index (κ3) is 4.82. The Kier molecular flexibility index (Phi) is 6.02. The number of nitrogens with zero attached hydrogens (tertiary/aromatic N) is 2. The summed E-state index contributed by atoms with van der Waals surface area (Å²) in [6, 6.07) is 10.3. The monoisotopic (exact) mass is 344 g/mol. The summed E-state index contributed by atoms with van der Waals surface area (Å²) in [7, 11) is 0.475. The normalized spacial score (nSPS) is 11.6. The van der Waals surface area contributed by atoms with Crippen LogP contribution in [0, 0.1) is 0 Å². The summed E-state index contributed by atoms with van der Waals surface area (Å²) < 4.78 is 11.7. The van der Waals surface area contributed by atoms with Crippen molar-refractivity contribution in [1.82, 2.24) is 4.98 Å². The molecule has 0 saturated heterocycles. The maximum atomic E-state index is 6.19. The molecule has 0 N–H and O–H groups in total. The fraction of sp³-hybridized carbons (Fsp3) is 0.421. The van der Waals surface area contributed by atoms with Gasteiger partial charge in [0.15, 0.2) is 0 Å². The van der Waals surface area contributed by atoms with E-state index >= 15 is 0 Å². The Morgan fingerprint density at radius 1 is 1.17 bits per heavy atom. The number of ether oxygens (including phenoxy) is 1. The molecule has 0 unspecified atom stereocenters. The SMILES string of the molecule is COc1ccc(N(Cc2cccnc2)O[SiH](C)C)cc1C(C)(C)C. The Hall–Kier alpha value is -1.85. The molecular formula is C19H28N2O2Si. The average molecular weight is 345 g/mol. The van der Waals surface area contributed by atoms with E-state index in [2.05, 4.69) is 57.0 Å². The molecule has 0 aliphatic carbocycles. The van der Waals surface area contributed by atoms with Gasteiger partial charge in [0, 0.05) is 18.0 Å². The van der Waals surface area contributed by atoms with Gasteiger partial charge < -0.3 is 9.26 Å². The molecule has 5 heteroatoms. The number of anilines is 1. The first kappa shape index (κ1) is 18.5. The minimum absolute atomic E-state index is 0.00339. The molecule has 1 heterocycles. The van der Waals surface area contributed by atoms with E-state index in [-0.39, 0.29) is 5.41 Å². The minimum Gasteiger partial charge on any atom is -0.496 e. The molecule has 0 spiro atoms. The largest absolute Gasteiger partial charge is 0.496 e. The molecule has 0 saturated carbocycles. The van der Waals surface area contributed by atoms with Crippen LogP contribution in [-0.4, -0.2) is 21.1 Å². The van der Waals surface area contributed by atoms with Gasteiger partial charge in [-0.25, -0.2) is 0 Å². The predicted octanol–water partition coefficient (Wildman–Crippen LogP) is 4.31. The Bertz CT molecular complexity index is 654. The average Bonchev–Trinajstić information content (AvgIpc) is 2.53. The number of aromatic nitrogens is 1. The molecule has 1 aromatic heterocycles. The topological polar surface area (TPSA) is 34.6 Å². The molecule has 0 fully saturated rings. The van der Waals surface area contributed by atoms with Crippen molar-refractivity contribution in [3.8, 4) is 5.75 Å². The van der Waals surface area contributed by atoms with Crippen LogP contribution in [0.25, 0.3) is 0 Å². The Labute approximate surface area is 147 Å². The molecule has 1 aromatic carbocycles. The smallest absolute Gasteiger partial charge is 0.208 e. The van der Waals surface area contributed by atoms with Crippen LogP contribution in [0.1, 0.15) is 31.9 Å². The highest BCUT2D eigenvalue weighted by Gasteiger charge is 2.21. The second-order valence-corrected chi connectivity index (χ2v) is 9.49. The molecule has 130 valence electrons. The van der Waals surface area contributed by atoms with E-state index in [0.29, 0.717) is 6.54 Å². The summed E-state index contributed by atoms with van der Waals surface area (Å²) >= 11 is 0. The molecule has 0 atom stereocenters. The molecule has 0 bridgehead atoms. The molecule has 0 amide bonds. The standard InChI is InChI=1S/C19H28N2O2Si/c1-19(2,3)17-12-16(9-10-18(17)22-4)21(23-24(5)6)14-15-8-7-11-20-13-15/h7-13,24H,14H2,1-6H3. The summed E-state index contributed by atoms with van der Waals surface area (Å²) in [6.07, 6.45) is 3.67. The van der Waals surface area contributed by atoms with Crippen LogP contribution in [0.3, 0.4) is 0 Å². The van der Waals surface area contributed by atoms with Gasteiger partial charge in [-0.05, 0) is 48.3 Å². The molecule has 4 nitrogen and oxygen atoms in total. The second-order valence-electron chi connectivity index (χ2n) is 7.19. The van der Waals surface area contributed by atoms with Gasteiger partial charge in [-0.15, -0.1) is 0 Å². The zero-order valence-corrected chi connectivity index (χ0v) is 16.7. The first-order valence-electron chi connectivity index (χ1n) is 8.33. The van der Waals surface area contributed by atoms with Crippen molar-refractivity contribution in [3.05, 3.63) is 53.9 Å². The molecule has 2 rings (SSSR count). The van der Waals surface area contributed by atoms with E-state index in [4.69, 9.17) is 9.26 Å². The van der Waals surface area contributed by atoms with Crippen LogP contribution in [0.5, 0.6) is 5.75 Å². The van der Waals surface area contributed by atoms with Crippen molar-refractivity contribution in [1.29, 1.82) is 0 Å². The van der Waals surface area contributed by atoms with Crippen molar-refractivity contribution in [2.75, 3.05) is 12.2 Å². The summed E-state index contributed by atoms with van der Waals surface area (Å²) in [5.74, 6) is 0.911. The lowest BCUT2D eigenvalue weighted by molar-refractivity contribution is 0.280. The van der Waals surface area contributed by atoms with Gasteiger partial charge in [0.05, 0.1) is 19.3 Å². The summed E-state index contributed by atoms with van der Waals surface area (Å²) in [5.41, 5.74) is 3.34. The molecule has 0 aliphatic rings. The second kappa shape index (κ2) is 7.81. The minimum atomic E-state index is -1.24. The van der Waals surface area contributed by atoms with Crippen molar-refractivity contribution in [2.45, 2.75) is 45.8 Å². The van der Waals surface area contributed by atoms with Gasteiger partial charge in [-0.3, -0.25) is 10.0 Å². The molecule has 0 aliphatic heterocycles. The van der Waals surface area contributed by atoms with Gasteiger partial charge in [-0.2, -0.15) is 0 Å². The first-order chi connectivity index (χ1) is 11.3. The Balaban J connectivity index is 2.38. The van der Waals surface area contributed by atoms with Crippen LogP contribution >= 0.6 is 0 Å². The Morgan fingerprint density at radius 3 is 2.46 bits per heavy atom. The van der Waals surface area contributed by atoms with Crippen LogP contribution in [0.4, 0.5) is 5.69 Å². The van der Waals surface area contributed by atoms with Gasteiger partial charge in [0.25, 0.3) is 0 Å². The van der Waals surface area contributed by atoms with Crippen LogP contribution in [0.2, 0.25) is 13.1 Å².